The molecule has 2 aliphatic rings. The highest BCUT2D eigenvalue weighted by molar-refractivity contribution is 5.14. The van der Waals surface area contributed by atoms with E-state index in [4.69, 9.17) is 9.47 Å². The van der Waals surface area contributed by atoms with E-state index in [1.807, 2.05) is 6.33 Å². The van der Waals surface area contributed by atoms with E-state index in [0.717, 1.165) is 70.8 Å². The lowest BCUT2D eigenvalue weighted by molar-refractivity contribution is -0.140. The summed E-state index contributed by atoms with van der Waals surface area (Å²) < 4.78 is 13.8. The average Bonchev–Trinajstić information content (AvgIpc) is 3.14. The van der Waals surface area contributed by atoms with Gasteiger partial charge in [0.15, 0.2) is 0 Å². The highest BCUT2D eigenvalue weighted by Crippen LogP contribution is 2.34. The highest BCUT2D eigenvalue weighted by Gasteiger charge is 2.38. The SMILES string of the molecule is c1ccc(CCn2cnnc2CN[C@@H]2CCOC3(CCOCC3)C2)cc1. The molecule has 1 N–H and O–H groups in total. The third-order valence-electron chi connectivity index (χ3n) is 5.63. The molecule has 0 aliphatic carbocycles. The molecule has 1 spiro atoms. The van der Waals surface area contributed by atoms with Gasteiger partial charge in [0, 0.05) is 32.4 Å². The minimum Gasteiger partial charge on any atom is -0.381 e. The number of nitrogens with zero attached hydrogens (tertiary/aromatic N) is 3. The first kappa shape index (κ1) is 17.6. The first-order valence-electron chi connectivity index (χ1n) is 9.69. The third kappa shape index (κ3) is 4.31. The van der Waals surface area contributed by atoms with Gasteiger partial charge in [-0.1, -0.05) is 30.3 Å². The quantitative estimate of drug-likeness (QED) is 0.861. The summed E-state index contributed by atoms with van der Waals surface area (Å²) in [5.41, 5.74) is 1.36. The zero-order valence-electron chi connectivity index (χ0n) is 15.3. The Morgan fingerprint density at radius 3 is 2.85 bits per heavy atom. The fraction of sp³-hybridized carbons (Fsp3) is 0.600. The maximum absolute atomic E-state index is 6.13. The van der Waals surface area contributed by atoms with Crippen LogP contribution in [-0.4, -0.2) is 46.2 Å². The van der Waals surface area contributed by atoms with Gasteiger partial charge < -0.3 is 19.4 Å². The molecule has 0 radical (unpaired) electrons. The normalized spacial score (nSPS) is 22.5. The van der Waals surface area contributed by atoms with Crippen molar-refractivity contribution >= 4 is 0 Å². The van der Waals surface area contributed by atoms with Crippen LogP contribution >= 0.6 is 0 Å². The van der Waals surface area contributed by atoms with Gasteiger partial charge in [-0.15, -0.1) is 10.2 Å². The maximum Gasteiger partial charge on any atom is 0.146 e. The first-order chi connectivity index (χ1) is 12.8. The van der Waals surface area contributed by atoms with E-state index in [-0.39, 0.29) is 5.60 Å². The summed E-state index contributed by atoms with van der Waals surface area (Å²) in [5, 5.41) is 12.1. The van der Waals surface area contributed by atoms with Crippen molar-refractivity contribution in [3.05, 3.63) is 48.0 Å². The number of ether oxygens (including phenoxy) is 2. The summed E-state index contributed by atoms with van der Waals surface area (Å²) >= 11 is 0. The van der Waals surface area contributed by atoms with Gasteiger partial charge in [0.25, 0.3) is 0 Å². The Bertz CT molecular complexity index is 677. The number of nitrogens with one attached hydrogen (secondary N) is 1. The maximum atomic E-state index is 6.13. The molecule has 6 heteroatoms. The van der Waals surface area contributed by atoms with Crippen LogP contribution in [0.5, 0.6) is 0 Å². The van der Waals surface area contributed by atoms with Crippen LogP contribution in [0.15, 0.2) is 36.7 Å². The molecule has 1 aromatic carbocycles. The van der Waals surface area contributed by atoms with Crippen LogP contribution in [-0.2, 0) is 29.0 Å². The molecule has 6 nitrogen and oxygen atoms in total. The summed E-state index contributed by atoms with van der Waals surface area (Å²) in [6.45, 7) is 4.13. The summed E-state index contributed by atoms with van der Waals surface area (Å²) in [6, 6.07) is 11.0. The Balaban J connectivity index is 1.30. The van der Waals surface area contributed by atoms with Crippen molar-refractivity contribution in [2.75, 3.05) is 19.8 Å². The molecule has 0 saturated carbocycles. The lowest BCUT2D eigenvalue weighted by atomic mass is 9.84. The summed E-state index contributed by atoms with van der Waals surface area (Å²) in [5.74, 6) is 1.01. The van der Waals surface area contributed by atoms with Crippen LogP contribution in [0, 0.1) is 0 Å². The number of aryl methyl sites for hydroxylation is 2. The number of hydrogen-bond donors (Lipinski definition) is 1. The van der Waals surface area contributed by atoms with Gasteiger partial charge in [0.05, 0.1) is 12.1 Å². The second kappa shape index (κ2) is 8.29. The van der Waals surface area contributed by atoms with Crippen LogP contribution < -0.4 is 5.32 Å². The van der Waals surface area contributed by atoms with Crippen molar-refractivity contribution in [1.29, 1.82) is 0 Å². The van der Waals surface area contributed by atoms with Crippen LogP contribution in [0.4, 0.5) is 0 Å². The van der Waals surface area contributed by atoms with Gasteiger partial charge >= 0.3 is 0 Å². The van der Waals surface area contributed by atoms with Gasteiger partial charge in [0.2, 0.25) is 0 Å². The van der Waals surface area contributed by atoms with Crippen molar-refractivity contribution in [3.63, 3.8) is 0 Å². The van der Waals surface area contributed by atoms with Crippen molar-refractivity contribution in [2.45, 2.75) is 56.8 Å². The van der Waals surface area contributed by atoms with Gasteiger partial charge in [-0.05, 0) is 37.7 Å². The van der Waals surface area contributed by atoms with E-state index >= 15 is 0 Å². The van der Waals surface area contributed by atoms with Gasteiger partial charge in [-0.2, -0.15) is 0 Å². The first-order valence-corrected chi connectivity index (χ1v) is 9.69. The van der Waals surface area contributed by atoms with Crippen molar-refractivity contribution in [2.24, 2.45) is 0 Å². The number of rotatable bonds is 6. The molecule has 140 valence electrons. The molecule has 0 unspecified atom stereocenters. The molecule has 4 rings (SSSR count). The molecule has 0 bridgehead atoms. The van der Waals surface area contributed by atoms with E-state index in [1.165, 1.54) is 5.56 Å². The Kier molecular flexibility index (Phi) is 5.62. The summed E-state index contributed by atoms with van der Waals surface area (Å²) in [6.07, 6.45) is 6.97. The Hall–Kier alpha value is -1.76. The van der Waals surface area contributed by atoms with E-state index in [1.54, 1.807) is 0 Å². The second-order valence-corrected chi connectivity index (χ2v) is 7.39. The van der Waals surface area contributed by atoms with E-state index < -0.39 is 0 Å². The minimum atomic E-state index is 0.0230. The van der Waals surface area contributed by atoms with Gasteiger partial charge in [-0.25, -0.2) is 0 Å². The molecule has 2 saturated heterocycles. The van der Waals surface area contributed by atoms with E-state index in [0.29, 0.717) is 6.04 Å². The topological polar surface area (TPSA) is 61.2 Å². The second-order valence-electron chi connectivity index (χ2n) is 7.39. The lowest BCUT2D eigenvalue weighted by Gasteiger charge is -2.43. The summed E-state index contributed by atoms with van der Waals surface area (Å²) in [7, 11) is 0. The van der Waals surface area contributed by atoms with Crippen molar-refractivity contribution < 1.29 is 9.47 Å². The molecular weight excluding hydrogens is 328 g/mol. The molecular formula is C20H28N4O2. The fourth-order valence-corrected chi connectivity index (χ4v) is 4.03. The zero-order valence-corrected chi connectivity index (χ0v) is 15.3. The highest BCUT2D eigenvalue weighted by atomic mass is 16.5. The monoisotopic (exact) mass is 356 g/mol. The van der Waals surface area contributed by atoms with E-state index in [9.17, 15) is 0 Å². The predicted octanol–water partition coefficient (Wildman–Crippen LogP) is 2.34. The third-order valence-corrected chi connectivity index (χ3v) is 5.63. The zero-order chi connectivity index (χ0) is 17.7. The van der Waals surface area contributed by atoms with Crippen LogP contribution in [0.2, 0.25) is 0 Å². The molecule has 3 heterocycles. The Labute approximate surface area is 154 Å². The van der Waals surface area contributed by atoms with Crippen LogP contribution in [0.25, 0.3) is 0 Å². The van der Waals surface area contributed by atoms with Crippen molar-refractivity contribution in [3.8, 4) is 0 Å². The predicted molar refractivity (Wildman–Crippen MR) is 98.8 cm³/mol. The largest absolute Gasteiger partial charge is 0.381 e. The molecule has 26 heavy (non-hydrogen) atoms. The van der Waals surface area contributed by atoms with Gasteiger partial charge in [0.1, 0.15) is 12.2 Å². The van der Waals surface area contributed by atoms with Crippen LogP contribution in [0.1, 0.15) is 37.1 Å². The molecule has 1 atom stereocenters. The fourth-order valence-electron chi connectivity index (χ4n) is 4.03. The Morgan fingerprint density at radius 1 is 1.15 bits per heavy atom. The molecule has 1 aromatic heterocycles. The van der Waals surface area contributed by atoms with E-state index in [2.05, 4.69) is 50.4 Å². The summed E-state index contributed by atoms with van der Waals surface area (Å²) in [4.78, 5) is 0. The minimum absolute atomic E-state index is 0.0230. The molecule has 2 aromatic rings. The lowest BCUT2D eigenvalue weighted by Crippen LogP contribution is -2.49. The number of hydrogen-bond acceptors (Lipinski definition) is 5. The Morgan fingerprint density at radius 2 is 2.00 bits per heavy atom. The smallest absolute Gasteiger partial charge is 0.146 e. The molecule has 2 fully saturated rings. The standard InChI is InChI=1S/C20H28N4O2/c1-2-4-17(5-3-1)6-10-24-16-22-23-19(24)15-21-18-7-11-26-20(14-18)8-12-25-13-9-20/h1-5,16,18,21H,6-15H2/t18-/m1/s1. The van der Waals surface area contributed by atoms with Gasteiger partial charge in [-0.3, -0.25) is 0 Å². The van der Waals surface area contributed by atoms with Crippen LogP contribution in [0.3, 0.4) is 0 Å². The van der Waals surface area contributed by atoms with Crippen molar-refractivity contribution in [1.82, 2.24) is 20.1 Å². The average molecular weight is 356 g/mol. The molecule has 0 amide bonds. The molecule has 2 aliphatic heterocycles. The number of aromatic nitrogens is 3. The number of benzene rings is 1.